The predicted molar refractivity (Wildman–Crippen MR) is 107 cm³/mol. The lowest BCUT2D eigenvalue weighted by Crippen LogP contribution is -2.32. The molecule has 1 unspecified atom stereocenters. The van der Waals surface area contributed by atoms with Gasteiger partial charge in [0.15, 0.2) is 5.13 Å². The number of nitrogens with zero attached hydrogens (tertiary/aromatic N) is 2. The Bertz CT molecular complexity index is 1090. The number of hydrogen-bond acceptors (Lipinski definition) is 5. The summed E-state index contributed by atoms with van der Waals surface area (Å²) < 4.78 is 0. The first kappa shape index (κ1) is 18.1. The van der Waals surface area contributed by atoms with Crippen LogP contribution in [-0.4, -0.2) is 27.6 Å². The minimum absolute atomic E-state index is 0.246. The van der Waals surface area contributed by atoms with E-state index in [1.54, 1.807) is 12.3 Å². The molecule has 1 aliphatic heterocycles. The van der Waals surface area contributed by atoms with E-state index in [0.29, 0.717) is 16.3 Å². The number of rotatable bonds is 4. The van der Waals surface area contributed by atoms with Crippen molar-refractivity contribution < 1.29 is 14.4 Å². The van der Waals surface area contributed by atoms with Crippen LogP contribution in [0, 0.1) is 6.92 Å². The van der Waals surface area contributed by atoms with Crippen molar-refractivity contribution in [2.24, 2.45) is 0 Å². The molecule has 1 aromatic heterocycles. The Labute approximate surface area is 165 Å². The van der Waals surface area contributed by atoms with Gasteiger partial charge in [0.2, 0.25) is 0 Å². The number of imide groups is 1. The number of hydrogen-bond donors (Lipinski definition) is 1. The first-order chi connectivity index (χ1) is 13.5. The van der Waals surface area contributed by atoms with Gasteiger partial charge in [-0.15, -0.1) is 11.3 Å². The van der Waals surface area contributed by atoms with Crippen molar-refractivity contribution in [3.8, 4) is 0 Å². The highest BCUT2D eigenvalue weighted by Crippen LogP contribution is 2.32. The number of benzene rings is 2. The Kier molecular flexibility index (Phi) is 4.52. The summed E-state index contributed by atoms with van der Waals surface area (Å²) in [6.07, 6.45) is 1.67. The number of amides is 3. The van der Waals surface area contributed by atoms with E-state index < -0.39 is 11.9 Å². The molecule has 0 saturated carbocycles. The van der Waals surface area contributed by atoms with Crippen molar-refractivity contribution in [3.63, 3.8) is 0 Å². The van der Waals surface area contributed by atoms with E-state index in [4.69, 9.17) is 0 Å². The molecule has 0 saturated heterocycles. The van der Waals surface area contributed by atoms with E-state index in [-0.39, 0.29) is 17.4 Å². The van der Waals surface area contributed by atoms with E-state index in [2.05, 4.69) is 10.3 Å². The van der Waals surface area contributed by atoms with Crippen LogP contribution in [0.15, 0.2) is 54.7 Å². The number of fused-ring (bicyclic) bond motifs is 1. The van der Waals surface area contributed by atoms with Crippen LogP contribution < -0.4 is 5.32 Å². The van der Waals surface area contributed by atoms with Crippen molar-refractivity contribution >= 4 is 34.2 Å². The molecule has 140 valence electrons. The molecule has 28 heavy (non-hydrogen) atoms. The maximum Gasteiger partial charge on any atom is 0.262 e. The Balaban J connectivity index is 1.61. The van der Waals surface area contributed by atoms with E-state index in [9.17, 15) is 14.4 Å². The average molecular weight is 391 g/mol. The van der Waals surface area contributed by atoms with Gasteiger partial charge >= 0.3 is 0 Å². The van der Waals surface area contributed by atoms with Gasteiger partial charge in [0.1, 0.15) is 0 Å². The second-order valence-electron chi connectivity index (χ2n) is 6.56. The molecule has 0 spiro atoms. The molecular weight excluding hydrogens is 374 g/mol. The van der Waals surface area contributed by atoms with Crippen LogP contribution in [0.5, 0.6) is 0 Å². The number of aryl methyl sites for hydroxylation is 1. The fraction of sp³-hybridized carbons (Fsp3) is 0.143. The third-order valence-corrected chi connectivity index (χ3v) is 5.52. The topological polar surface area (TPSA) is 79.4 Å². The second kappa shape index (κ2) is 7.01. The summed E-state index contributed by atoms with van der Waals surface area (Å²) in [6, 6.07) is 13.5. The average Bonchev–Trinajstić information content (AvgIpc) is 3.22. The summed E-state index contributed by atoms with van der Waals surface area (Å²) >= 11 is 1.37. The molecule has 2 heterocycles. The van der Waals surface area contributed by atoms with Gasteiger partial charge in [-0.2, -0.15) is 0 Å². The van der Waals surface area contributed by atoms with Crippen LogP contribution >= 0.6 is 11.3 Å². The van der Waals surface area contributed by atoms with Gasteiger partial charge in [-0.05, 0) is 37.6 Å². The molecule has 3 aromatic rings. The molecule has 1 aliphatic rings. The summed E-state index contributed by atoms with van der Waals surface area (Å²) in [5.74, 6) is -1.11. The number of thiazole rings is 1. The summed E-state index contributed by atoms with van der Waals surface area (Å²) in [6.45, 7) is 3.71. The minimum Gasteiger partial charge on any atom is -0.298 e. The predicted octanol–water partition coefficient (Wildman–Crippen LogP) is 4.06. The first-order valence-electron chi connectivity index (χ1n) is 8.76. The highest BCUT2D eigenvalue weighted by atomic mass is 32.1. The highest BCUT2D eigenvalue weighted by Gasteiger charge is 2.39. The van der Waals surface area contributed by atoms with Crippen LogP contribution in [0.3, 0.4) is 0 Å². The monoisotopic (exact) mass is 391 g/mol. The zero-order valence-electron chi connectivity index (χ0n) is 15.3. The van der Waals surface area contributed by atoms with Crippen LogP contribution in [0.2, 0.25) is 0 Å². The summed E-state index contributed by atoms with van der Waals surface area (Å²) in [7, 11) is 0. The minimum atomic E-state index is -0.399. The van der Waals surface area contributed by atoms with Gasteiger partial charge in [0, 0.05) is 16.6 Å². The van der Waals surface area contributed by atoms with Gasteiger partial charge in [-0.3, -0.25) is 24.6 Å². The fourth-order valence-corrected chi connectivity index (χ4v) is 3.87. The molecule has 3 amide bonds. The van der Waals surface area contributed by atoms with Crippen molar-refractivity contribution in [3.05, 3.63) is 81.9 Å². The van der Waals surface area contributed by atoms with Gasteiger partial charge in [-0.1, -0.05) is 30.3 Å². The van der Waals surface area contributed by atoms with Crippen molar-refractivity contribution in [1.29, 1.82) is 0 Å². The third-order valence-electron chi connectivity index (χ3n) is 4.69. The normalized spacial score (nSPS) is 14.1. The number of carbonyl (C=O) groups is 3. The van der Waals surface area contributed by atoms with E-state index >= 15 is 0 Å². The molecule has 2 aromatic carbocycles. The van der Waals surface area contributed by atoms with Crippen molar-refractivity contribution in [1.82, 2.24) is 9.88 Å². The Hall–Kier alpha value is -3.32. The van der Waals surface area contributed by atoms with Gasteiger partial charge < -0.3 is 0 Å². The number of aromatic nitrogens is 1. The molecule has 7 heteroatoms. The number of carbonyl (C=O) groups excluding carboxylic acids is 3. The quantitative estimate of drug-likeness (QED) is 0.680. The molecule has 0 bridgehead atoms. The maximum atomic E-state index is 12.9. The van der Waals surface area contributed by atoms with Crippen LogP contribution in [0.25, 0.3) is 0 Å². The van der Waals surface area contributed by atoms with E-state index in [1.165, 1.54) is 28.4 Å². The lowest BCUT2D eigenvalue weighted by molar-refractivity contribution is 0.0595. The zero-order valence-corrected chi connectivity index (χ0v) is 16.1. The standard InChI is InChI=1S/C21H17N3O3S/c1-12-11-22-21(28-12)23-18(25)15-8-9-16-17(10-15)20(27)24(19(16)26)13(2)14-6-4-3-5-7-14/h3-11,13H,1-2H3,(H,22,23,25). The Morgan fingerprint density at radius 1 is 1.07 bits per heavy atom. The summed E-state index contributed by atoms with van der Waals surface area (Å²) in [5.41, 5.74) is 1.74. The van der Waals surface area contributed by atoms with Crippen molar-refractivity contribution in [2.75, 3.05) is 5.32 Å². The third kappa shape index (κ3) is 3.10. The molecule has 0 fully saturated rings. The van der Waals surface area contributed by atoms with Crippen LogP contribution in [0.1, 0.15) is 54.5 Å². The lowest BCUT2D eigenvalue weighted by Gasteiger charge is -2.22. The molecule has 4 rings (SSSR count). The molecular formula is C21H17N3O3S. The zero-order chi connectivity index (χ0) is 19.8. The van der Waals surface area contributed by atoms with Crippen LogP contribution in [0.4, 0.5) is 5.13 Å². The first-order valence-corrected chi connectivity index (χ1v) is 9.58. The van der Waals surface area contributed by atoms with E-state index in [1.807, 2.05) is 44.2 Å². The Morgan fingerprint density at radius 2 is 1.79 bits per heavy atom. The summed E-state index contributed by atoms with van der Waals surface area (Å²) in [5, 5.41) is 3.21. The smallest absolute Gasteiger partial charge is 0.262 e. The molecule has 6 nitrogen and oxygen atoms in total. The lowest BCUT2D eigenvalue weighted by atomic mass is 10.1. The Morgan fingerprint density at radius 3 is 2.46 bits per heavy atom. The highest BCUT2D eigenvalue weighted by molar-refractivity contribution is 7.15. The van der Waals surface area contributed by atoms with Gasteiger partial charge in [0.05, 0.1) is 17.2 Å². The molecule has 1 N–H and O–H groups in total. The number of nitrogens with one attached hydrogen (secondary N) is 1. The van der Waals surface area contributed by atoms with Crippen LogP contribution in [-0.2, 0) is 0 Å². The second-order valence-corrected chi connectivity index (χ2v) is 7.79. The maximum absolute atomic E-state index is 12.9. The fourth-order valence-electron chi connectivity index (χ4n) is 3.21. The van der Waals surface area contributed by atoms with Gasteiger partial charge in [-0.25, -0.2) is 4.98 Å². The largest absolute Gasteiger partial charge is 0.298 e. The van der Waals surface area contributed by atoms with Crippen molar-refractivity contribution in [2.45, 2.75) is 19.9 Å². The molecule has 1 atom stereocenters. The van der Waals surface area contributed by atoms with Gasteiger partial charge in [0.25, 0.3) is 17.7 Å². The SMILES string of the molecule is Cc1cnc(NC(=O)c2ccc3c(c2)C(=O)N(C(C)c2ccccc2)C3=O)s1. The summed E-state index contributed by atoms with van der Waals surface area (Å²) in [4.78, 5) is 44.5. The molecule has 0 radical (unpaired) electrons. The molecule has 0 aliphatic carbocycles. The van der Waals surface area contributed by atoms with E-state index in [0.717, 1.165) is 10.4 Å². The number of anilines is 1.